The molecule has 154 valence electrons. The van der Waals surface area contributed by atoms with Crippen LogP contribution in [0.4, 0.5) is 5.69 Å². The molecule has 1 aromatic carbocycles. The van der Waals surface area contributed by atoms with E-state index in [1.165, 1.54) is 6.42 Å². The zero-order valence-corrected chi connectivity index (χ0v) is 17.5. The highest BCUT2D eigenvalue weighted by Crippen LogP contribution is 2.27. The molecule has 5 nitrogen and oxygen atoms in total. The van der Waals surface area contributed by atoms with Gasteiger partial charge >= 0.3 is 0 Å². The second-order valence-corrected chi connectivity index (χ2v) is 8.27. The molecule has 2 aliphatic carbocycles. The maximum Gasteiger partial charge on any atom is 0.271 e. The first-order valence-corrected chi connectivity index (χ1v) is 10.5. The lowest BCUT2D eigenvalue weighted by molar-refractivity contribution is -0.120. The third kappa shape index (κ3) is 5.66. The van der Waals surface area contributed by atoms with Gasteiger partial charge in [-0.25, -0.2) is 5.43 Å². The van der Waals surface area contributed by atoms with Crippen molar-refractivity contribution in [2.45, 2.75) is 58.8 Å². The average molecular weight is 394 g/mol. The van der Waals surface area contributed by atoms with Crippen molar-refractivity contribution < 1.29 is 9.59 Å². The molecule has 1 aromatic rings. The summed E-state index contributed by atoms with van der Waals surface area (Å²) in [5.74, 6) is 0.312. The van der Waals surface area contributed by atoms with Crippen LogP contribution in [0.3, 0.4) is 0 Å². The van der Waals surface area contributed by atoms with Crippen molar-refractivity contribution in [3.8, 4) is 0 Å². The van der Waals surface area contributed by atoms with E-state index in [0.29, 0.717) is 11.5 Å². The summed E-state index contributed by atoms with van der Waals surface area (Å²) in [7, 11) is 0. The van der Waals surface area contributed by atoms with Crippen LogP contribution in [0.2, 0.25) is 0 Å². The smallest absolute Gasteiger partial charge is 0.271 e. The van der Waals surface area contributed by atoms with E-state index in [-0.39, 0.29) is 17.7 Å². The fourth-order valence-corrected chi connectivity index (χ4v) is 3.92. The Kier molecular flexibility index (Phi) is 7.02. The summed E-state index contributed by atoms with van der Waals surface area (Å²) in [5, 5.41) is 7.31. The Labute approximate surface area is 173 Å². The van der Waals surface area contributed by atoms with E-state index in [1.54, 1.807) is 24.3 Å². The van der Waals surface area contributed by atoms with Crippen LogP contribution in [-0.2, 0) is 4.79 Å². The van der Waals surface area contributed by atoms with Crippen molar-refractivity contribution in [3.05, 3.63) is 53.6 Å². The fourth-order valence-electron chi connectivity index (χ4n) is 3.92. The molecule has 2 N–H and O–H groups in total. The topological polar surface area (TPSA) is 70.6 Å². The lowest BCUT2D eigenvalue weighted by Crippen LogP contribution is -2.25. The van der Waals surface area contributed by atoms with Gasteiger partial charge in [0.15, 0.2) is 0 Å². The molecule has 2 aliphatic rings. The molecule has 0 saturated heterocycles. The van der Waals surface area contributed by atoms with Gasteiger partial charge in [0.25, 0.3) is 5.91 Å². The van der Waals surface area contributed by atoms with Crippen molar-refractivity contribution in [1.82, 2.24) is 5.43 Å². The number of nitrogens with one attached hydrogen (secondary N) is 2. The van der Waals surface area contributed by atoms with Crippen molar-refractivity contribution >= 4 is 23.2 Å². The Hall–Kier alpha value is -2.69. The molecule has 1 unspecified atom stereocenters. The number of hydrazone groups is 1. The summed E-state index contributed by atoms with van der Waals surface area (Å²) in [6.07, 6.45) is 9.33. The Bertz CT molecular complexity index is 830. The van der Waals surface area contributed by atoms with Crippen LogP contribution >= 0.6 is 0 Å². The normalized spacial score (nSPS) is 21.4. The number of carbonyl (C=O) groups is 2. The Morgan fingerprint density at radius 2 is 1.76 bits per heavy atom. The third-order valence-corrected chi connectivity index (χ3v) is 5.98. The molecule has 1 fully saturated rings. The van der Waals surface area contributed by atoms with Gasteiger partial charge in [-0.2, -0.15) is 5.10 Å². The zero-order chi connectivity index (χ0) is 20.8. The van der Waals surface area contributed by atoms with Gasteiger partial charge in [-0.1, -0.05) is 37.5 Å². The predicted molar refractivity (Wildman–Crippen MR) is 118 cm³/mol. The van der Waals surface area contributed by atoms with Crippen LogP contribution in [0.25, 0.3) is 0 Å². The molecule has 3 rings (SSSR count). The molecule has 29 heavy (non-hydrogen) atoms. The minimum atomic E-state index is -0.257. The van der Waals surface area contributed by atoms with E-state index >= 15 is 0 Å². The number of allylic oxidation sites excluding steroid dienone is 3. The van der Waals surface area contributed by atoms with Crippen molar-refractivity contribution in [1.29, 1.82) is 0 Å². The first-order chi connectivity index (χ1) is 13.9. The minimum absolute atomic E-state index is 0.0833. The lowest BCUT2D eigenvalue weighted by atomic mass is 9.85. The van der Waals surface area contributed by atoms with E-state index in [4.69, 9.17) is 0 Å². The molecule has 0 aliphatic heterocycles. The molecule has 1 atom stereocenters. The quantitative estimate of drug-likeness (QED) is 0.531. The van der Waals surface area contributed by atoms with E-state index in [9.17, 15) is 9.59 Å². The highest BCUT2D eigenvalue weighted by atomic mass is 16.2. The van der Waals surface area contributed by atoms with Gasteiger partial charge in [-0.15, -0.1) is 0 Å². The molecule has 0 heterocycles. The van der Waals surface area contributed by atoms with Crippen molar-refractivity contribution in [2.24, 2.45) is 16.9 Å². The standard InChI is InChI=1S/C24H31N3O2/c1-16(2)20-10-9-17(3)22(15-20)26-27-24(29)19-11-13-21(14-12-19)25-23(28)18-7-5-4-6-8-18/h9,11-14,18,20H,1,4-8,10,15H2,2-3H3,(H,25,28)(H,27,29)/b26-22+. The minimum Gasteiger partial charge on any atom is -0.326 e. The van der Waals surface area contributed by atoms with Gasteiger partial charge in [0.1, 0.15) is 0 Å². The summed E-state index contributed by atoms with van der Waals surface area (Å²) in [4.78, 5) is 24.8. The zero-order valence-electron chi connectivity index (χ0n) is 17.5. The molecule has 5 heteroatoms. The number of hydrogen-bond donors (Lipinski definition) is 2. The largest absolute Gasteiger partial charge is 0.326 e. The van der Waals surface area contributed by atoms with Crippen LogP contribution in [0, 0.1) is 11.8 Å². The van der Waals surface area contributed by atoms with Gasteiger partial charge in [0.05, 0.1) is 5.71 Å². The maximum absolute atomic E-state index is 12.4. The van der Waals surface area contributed by atoms with E-state index in [0.717, 1.165) is 61.1 Å². The molecule has 2 amide bonds. The number of hydrogen-bond acceptors (Lipinski definition) is 3. The third-order valence-electron chi connectivity index (χ3n) is 5.98. The maximum atomic E-state index is 12.4. The molecule has 0 radical (unpaired) electrons. The van der Waals surface area contributed by atoms with Gasteiger partial charge in [0.2, 0.25) is 5.91 Å². The highest BCUT2D eigenvalue weighted by Gasteiger charge is 2.21. The molecule has 1 saturated carbocycles. The lowest BCUT2D eigenvalue weighted by Gasteiger charge is -2.22. The average Bonchev–Trinajstić information content (AvgIpc) is 2.74. The van der Waals surface area contributed by atoms with Crippen molar-refractivity contribution in [2.75, 3.05) is 5.32 Å². The Morgan fingerprint density at radius 1 is 1.07 bits per heavy atom. The fraction of sp³-hybridized carbons (Fsp3) is 0.458. The van der Waals surface area contributed by atoms with Crippen LogP contribution in [-0.4, -0.2) is 17.5 Å². The van der Waals surface area contributed by atoms with Crippen molar-refractivity contribution in [3.63, 3.8) is 0 Å². The Morgan fingerprint density at radius 3 is 2.41 bits per heavy atom. The summed E-state index contributed by atoms with van der Waals surface area (Å²) >= 11 is 0. The van der Waals surface area contributed by atoms with Crippen LogP contribution < -0.4 is 10.7 Å². The number of nitrogens with zero attached hydrogens (tertiary/aromatic N) is 1. The summed E-state index contributed by atoms with van der Waals surface area (Å²) < 4.78 is 0. The first kappa shape index (κ1) is 21.0. The van der Waals surface area contributed by atoms with Gasteiger partial charge in [-0.3, -0.25) is 9.59 Å². The van der Waals surface area contributed by atoms with Gasteiger partial charge in [0, 0.05) is 17.2 Å². The van der Waals surface area contributed by atoms with E-state index < -0.39 is 0 Å². The summed E-state index contributed by atoms with van der Waals surface area (Å²) in [6.45, 7) is 8.09. The van der Waals surface area contributed by atoms with Gasteiger partial charge < -0.3 is 5.32 Å². The molecule has 0 aromatic heterocycles. The molecular formula is C24H31N3O2. The second-order valence-electron chi connectivity index (χ2n) is 8.27. The predicted octanol–water partition coefficient (Wildman–Crippen LogP) is 5.22. The van der Waals surface area contributed by atoms with Crippen LogP contribution in [0.5, 0.6) is 0 Å². The second kappa shape index (κ2) is 9.68. The summed E-state index contributed by atoms with van der Waals surface area (Å²) in [6, 6.07) is 6.97. The molecule has 0 spiro atoms. The number of amides is 2. The summed E-state index contributed by atoms with van der Waals surface area (Å²) in [5.41, 5.74) is 7.03. The SMILES string of the molecule is C=C(C)C1CC=C(C)/C(=N/NC(=O)c2ccc(NC(=O)C3CCCCC3)cc2)C1. The Balaban J connectivity index is 1.57. The van der Waals surface area contributed by atoms with E-state index in [2.05, 4.69) is 28.5 Å². The van der Waals surface area contributed by atoms with Gasteiger partial charge in [-0.05, 0) is 75.3 Å². The molecular weight excluding hydrogens is 362 g/mol. The van der Waals surface area contributed by atoms with Crippen LogP contribution in [0.15, 0.2) is 53.2 Å². The van der Waals surface area contributed by atoms with E-state index in [1.807, 2.05) is 13.8 Å². The molecule has 0 bridgehead atoms. The van der Waals surface area contributed by atoms with Crippen LogP contribution in [0.1, 0.15) is 69.2 Å². The number of benzene rings is 1. The number of anilines is 1. The highest BCUT2D eigenvalue weighted by molar-refractivity contribution is 6.02. The number of carbonyl (C=O) groups excluding carboxylic acids is 2. The monoisotopic (exact) mass is 393 g/mol. The number of rotatable bonds is 5. The first-order valence-electron chi connectivity index (χ1n) is 10.5.